The van der Waals surface area contributed by atoms with E-state index in [0.29, 0.717) is 31.0 Å². The van der Waals surface area contributed by atoms with Crippen LogP contribution in [0, 0.1) is 0 Å². The van der Waals surface area contributed by atoms with Crippen molar-refractivity contribution in [2.24, 2.45) is 0 Å². The lowest BCUT2D eigenvalue weighted by atomic mass is 10.1. The molecule has 2 aromatic rings. The molecule has 3 rings (SSSR count). The maximum Gasteiger partial charge on any atom is 0.326 e. The Hall–Kier alpha value is -2.34. The molecule has 2 heterocycles. The van der Waals surface area contributed by atoms with E-state index in [1.54, 1.807) is 13.2 Å². The van der Waals surface area contributed by atoms with Crippen LogP contribution in [0.15, 0.2) is 34.9 Å². The van der Waals surface area contributed by atoms with Crippen molar-refractivity contribution in [3.63, 3.8) is 0 Å². The van der Waals surface area contributed by atoms with E-state index in [1.807, 2.05) is 29.2 Å². The van der Waals surface area contributed by atoms with Gasteiger partial charge >= 0.3 is 5.97 Å². The summed E-state index contributed by atoms with van der Waals surface area (Å²) in [5, 5.41) is 13.4. The minimum Gasteiger partial charge on any atom is -0.480 e. The molecule has 1 atom stereocenters. The highest BCUT2D eigenvalue weighted by atomic mass is 16.5. The first kappa shape index (κ1) is 13.6. The molecule has 1 aromatic heterocycles. The zero-order chi connectivity index (χ0) is 14.8. The third-order valence-corrected chi connectivity index (χ3v) is 3.60. The van der Waals surface area contributed by atoms with E-state index < -0.39 is 12.0 Å². The Morgan fingerprint density at radius 2 is 2.33 bits per heavy atom. The first-order chi connectivity index (χ1) is 10.2. The molecule has 0 aliphatic carbocycles. The van der Waals surface area contributed by atoms with Crippen molar-refractivity contribution in [3.8, 4) is 0 Å². The number of aliphatic carboxylic acids is 1. The summed E-state index contributed by atoms with van der Waals surface area (Å²) in [6.07, 6.45) is 0.508. The van der Waals surface area contributed by atoms with Gasteiger partial charge in [0.15, 0.2) is 5.76 Å². The summed E-state index contributed by atoms with van der Waals surface area (Å²) in [4.78, 5) is 13.3. The predicted molar refractivity (Wildman–Crippen MR) is 75.0 cm³/mol. The predicted octanol–water partition coefficient (Wildman–Crippen LogP) is 1.84. The van der Waals surface area contributed by atoms with Crippen LogP contribution in [0.25, 0.3) is 0 Å². The standard InChI is InChI=1S/C15H16N2O4/c1-20-9-12-7-11(16-21-12)8-17-13-5-3-2-4-10(13)6-14(17)15(18)19/h2-5,7,14H,6,8-9H2,1H3,(H,18,19). The average Bonchev–Trinajstić information content (AvgIpc) is 3.05. The van der Waals surface area contributed by atoms with Crippen molar-refractivity contribution in [3.05, 3.63) is 47.3 Å². The zero-order valence-electron chi connectivity index (χ0n) is 11.7. The Morgan fingerprint density at radius 1 is 1.52 bits per heavy atom. The van der Waals surface area contributed by atoms with E-state index >= 15 is 0 Å². The van der Waals surface area contributed by atoms with Crippen LogP contribution in [0.1, 0.15) is 17.0 Å². The molecular weight excluding hydrogens is 272 g/mol. The lowest BCUT2D eigenvalue weighted by Crippen LogP contribution is -2.38. The lowest BCUT2D eigenvalue weighted by molar-refractivity contribution is -0.138. The lowest BCUT2D eigenvalue weighted by Gasteiger charge is -2.23. The van der Waals surface area contributed by atoms with E-state index in [4.69, 9.17) is 9.26 Å². The summed E-state index contributed by atoms with van der Waals surface area (Å²) in [5.74, 6) is -0.196. The number of benzene rings is 1. The highest BCUT2D eigenvalue weighted by molar-refractivity contribution is 5.82. The molecule has 1 aliphatic rings. The van der Waals surface area contributed by atoms with Crippen LogP contribution in [0.3, 0.4) is 0 Å². The molecule has 0 saturated heterocycles. The molecule has 1 aromatic carbocycles. The Kier molecular flexibility index (Phi) is 3.62. The van der Waals surface area contributed by atoms with Gasteiger partial charge in [-0.05, 0) is 11.6 Å². The van der Waals surface area contributed by atoms with E-state index in [1.165, 1.54) is 0 Å². The fourth-order valence-corrected chi connectivity index (χ4v) is 2.68. The molecule has 0 bridgehead atoms. The molecule has 1 N–H and O–H groups in total. The monoisotopic (exact) mass is 288 g/mol. The highest BCUT2D eigenvalue weighted by Gasteiger charge is 2.34. The van der Waals surface area contributed by atoms with Crippen LogP contribution in [0.4, 0.5) is 5.69 Å². The summed E-state index contributed by atoms with van der Waals surface area (Å²) in [6, 6.07) is 8.97. The van der Waals surface area contributed by atoms with Crippen molar-refractivity contribution in [2.45, 2.75) is 25.6 Å². The molecule has 6 nitrogen and oxygen atoms in total. The van der Waals surface area contributed by atoms with Gasteiger partial charge in [-0.3, -0.25) is 0 Å². The minimum absolute atomic E-state index is 0.353. The number of nitrogens with zero attached hydrogens (tertiary/aromatic N) is 2. The first-order valence-corrected chi connectivity index (χ1v) is 6.70. The summed E-state index contributed by atoms with van der Waals surface area (Å²) in [5.41, 5.74) is 2.69. The maximum absolute atomic E-state index is 11.5. The molecular formula is C15H16N2O4. The largest absolute Gasteiger partial charge is 0.480 e. The number of fused-ring (bicyclic) bond motifs is 1. The number of anilines is 1. The number of hydrogen-bond acceptors (Lipinski definition) is 5. The fraction of sp³-hybridized carbons (Fsp3) is 0.333. The summed E-state index contributed by atoms with van der Waals surface area (Å²) in [7, 11) is 1.58. The number of hydrogen-bond donors (Lipinski definition) is 1. The van der Waals surface area contributed by atoms with Gasteiger partial charge in [0.2, 0.25) is 0 Å². The number of carboxylic acid groups (broad SMARTS) is 1. The number of ether oxygens (including phenoxy) is 1. The Labute approximate surface area is 121 Å². The molecule has 21 heavy (non-hydrogen) atoms. The first-order valence-electron chi connectivity index (χ1n) is 6.70. The highest BCUT2D eigenvalue weighted by Crippen LogP contribution is 2.33. The molecule has 0 amide bonds. The van der Waals surface area contributed by atoms with Gasteiger partial charge in [0.05, 0.1) is 6.54 Å². The third kappa shape index (κ3) is 2.62. The summed E-state index contributed by atoms with van der Waals surface area (Å²) in [6.45, 7) is 0.757. The molecule has 0 radical (unpaired) electrons. The van der Waals surface area contributed by atoms with Crippen molar-refractivity contribution in [2.75, 3.05) is 12.0 Å². The molecule has 0 spiro atoms. The van der Waals surface area contributed by atoms with Crippen LogP contribution < -0.4 is 4.90 Å². The van der Waals surface area contributed by atoms with Crippen molar-refractivity contribution in [1.82, 2.24) is 5.16 Å². The number of carbonyl (C=O) groups is 1. The second-order valence-corrected chi connectivity index (χ2v) is 5.03. The molecule has 1 unspecified atom stereocenters. The number of carboxylic acids is 1. The fourth-order valence-electron chi connectivity index (χ4n) is 2.68. The number of aromatic nitrogens is 1. The average molecular weight is 288 g/mol. The SMILES string of the molecule is COCc1cc(CN2c3ccccc3CC2C(=O)O)no1. The van der Waals surface area contributed by atoms with Gasteiger partial charge in [0.1, 0.15) is 18.3 Å². The van der Waals surface area contributed by atoms with E-state index in [9.17, 15) is 9.90 Å². The third-order valence-electron chi connectivity index (χ3n) is 3.60. The van der Waals surface area contributed by atoms with Gasteiger partial charge in [-0.1, -0.05) is 23.4 Å². The normalized spacial score (nSPS) is 17.0. The van der Waals surface area contributed by atoms with Crippen LogP contribution in [-0.2, 0) is 29.1 Å². The van der Waals surface area contributed by atoms with Crippen LogP contribution >= 0.6 is 0 Å². The molecule has 110 valence electrons. The molecule has 1 aliphatic heterocycles. The van der Waals surface area contributed by atoms with E-state index in [-0.39, 0.29) is 0 Å². The van der Waals surface area contributed by atoms with Gasteiger partial charge in [-0.15, -0.1) is 0 Å². The van der Waals surface area contributed by atoms with Gasteiger partial charge in [-0.2, -0.15) is 0 Å². The van der Waals surface area contributed by atoms with Crippen LogP contribution in [0.2, 0.25) is 0 Å². The zero-order valence-corrected chi connectivity index (χ0v) is 11.7. The molecule has 0 saturated carbocycles. The topological polar surface area (TPSA) is 75.8 Å². The molecule has 6 heteroatoms. The number of methoxy groups -OCH3 is 1. The minimum atomic E-state index is -0.827. The van der Waals surface area contributed by atoms with Gasteiger partial charge < -0.3 is 19.3 Å². The van der Waals surface area contributed by atoms with Gasteiger partial charge in [0.25, 0.3) is 0 Å². The van der Waals surface area contributed by atoms with E-state index in [0.717, 1.165) is 11.3 Å². The maximum atomic E-state index is 11.5. The number of para-hydroxylation sites is 1. The summed E-state index contributed by atoms with van der Waals surface area (Å²) >= 11 is 0. The van der Waals surface area contributed by atoms with Crippen LogP contribution in [-0.4, -0.2) is 29.4 Å². The van der Waals surface area contributed by atoms with Crippen molar-refractivity contribution < 1.29 is 19.2 Å². The smallest absolute Gasteiger partial charge is 0.326 e. The Morgan fingerprint density at radius 3 is 3.10 bits per heavy atom. The molecule has 0 fully saturated rings. The van der Waals surface area contributed by atoms with Crippen molar-refractivity contribution in [1.29, 1.82) is 0 Å². The van der Waals surface area contributed by atoms with Crippen molar-refractivity contribution >= 4 is 11.7 Å². The van der Waals surface area contributed by atoms with E-state index in [2.05, 4.69) is 5.16 Å². The van der Waals surface area contributed by atoms with Gasteiger partial charge in [0, 0.05) is 25.3 Å². The Balaban J connectivity index is 1.85. The number of rotatable bonds is 5. The van der Waals surface area contributed by atoms with Gasteiger partial charge in [-0.25, -0.2) is 4.79 Å². The summed E-state index contributed by atoms with van der Waals surface area (Å²) < 4.78 is 10.1. The van der Waals surface area contributed by atoms with Crippen LogP contribution in [0.5, 0.6) is 0 Å². The quantitative estimate of drug-likeness (QED) is 0.904. The Bertz CT molecular complexity index is 653. The second-order valence-electron chi connectivity index (χ2n) is 5.03. The second kappa shape index (κ2) is 5.57.